The average molecular weight is 473 g/mol. The molecule has 182 valence electrons. The van der Waals surface area contributed by atoms with Gasteiger partial charge in [-0.3, -0.25) is 19.4 Å². The Morgan fingerprint density at radius 3 is 2.66 bits per heavy atom. The van der Waals surface area contributed by atoms with Crippen LogP contribution in [0.15, 0.2) is 29.1 Å². The van der Waals surface area contributed by atoms with E-state index in [9.17, 15) is 9.59 Å². The summed E-state index contributed by atoms with van der Waals surface area (Å²) in [7, 11) is 0. The number of nitrogens with one attached hydrogen (secondary N) is 2. The molecule has 7 nitrogen and oxygen atoms in total. The predicted molar refractivity (Wildman–Crippen MR) is 140 cm³/mol. The van der Waals surface area contributed by atoms with Gasteiger partial charge in [0.05, 0.1) is 17.0 Å². The summed E-state index contributed by atoms with van der Waals surface area (Å²) in [6, 6.07) is 7.90. The Morgan fingerprint density at radius 2 is 2.00 bits per heavy atom. The molecule has 1 unspecified atom stereocenters. The van der Waals surface area contributed by atoms with Crippen LogP contribution in [-0.4, -0.2) is 58.6 Å². The summed E-state index contributed by atoms with van der Waals surface area (Å²) in [6.45, 7) is 12.7. The number of piperazine rings is 1. The van der Waals surface area contributed by atoms with Crippen LogP contribution in [0.1, 0.15) is 30.5 Å². The molecule has 0 spiro atoms. The zero-order chi connectivity index (χ0) is 25.4. The summed E-state index contributed by atoms with van der Waals surface area (Å²) < 4.78 is 0. The second-order valence-corrected chi connectivity index (χ2v) is 8.80. The van der Waals surface area contributed by atoms with Crippen LogP contribution in [0, 0.1) is 30.1 Å². The van der Waals surface area contributed by atoms with Gasteiger partial charge < -0.3 is 15.4 Å². The minimum Gasteiger partial charge on any atom is -0.481 e. The molecule has 1 saturated heterocycles. The molecule has 1 fully saturated rings. The molecule has 1 aromatic heterocycles. The number of carboxylic acid groups (broad SMARTS) is 1. The standard InChI is InChI=1S/C28H32N4O3/c1-5-7-23-16-22(19-32-13-11-31(12-14-32)18-21(4)28(34)35)9-10-26(23)29-17-24-15-20(3)25(8-6-2)30-27(24)33/h2,8-10,15-16,21,29H,3,11-14,17-19H2,1,4H3,(H,30,33)(H,34,35)/b25-8+. The molecule has 3 rings (SSSR count). The Morgan fingerprint density at radius 1 is 1.29 bits per heavy atom. The number of terminal acetylenes is 1. The van der Waals surface area contributed by atoms with E-state index in [1.165, 1.54) is 6.08 Å². The molecule has 2 heterocycles. The van der Waals surface area contributed by atoms with Crippen molar-refractivity contribution in [3.8, 4) is 24.2 Å². The first kappa shape index (κ1) is 25.8. The summed E-state index contributed by atoms with van der Waals surface area (Å²) in [5, 5.41) is 13.7. The lowest BCUT2D eigenvalue weighted by molar-refractivity contribution is -0.141. The van der Waals surface area contributed by atoms with Crippen LogP contribution in [0.25, 0.3) is 12.7 Å². The molecule has 0 aliphatic carbocycles. The van der Waals surface area contributed by atoms with Gasteiger partial charge in [-0.25, -0.2) is 0 Å². The summed E-state index contributed by atoms with van der Waals surface area (Å²) in [6.07, 6.45) is 6.79. The van der Waals surface area contributed by atoms with E-state index in [4.69, 9.17) is 11.5 Å². The maximum atomic E-state index is 12.4. The fraction of sp³-hybridized carbons (Fsp3) is 0.357. The van der Waals surface area contributed by atoms with Crippen LogP contribution in [0.5, 0.6) is 0 Å². The molecule has 3 N–H and O–H groups in total. The van der Waals surface area contributed by atoms with Crippen molar-refractivity contribution in [2.75, 3.05) is 38.0 Å². The number of benzene rings is 1. The number of aromatic nitrogens is 1. The number of hydrogen-bond donors (Lipinski definition) is 3. The van der Waals surface area contributed by atoms with Gasteiger partial charge in [-0.2, -0.15) is 0 Å². The molecule has 1 aromatic carbocycles. The number of rotatable bonds is 8. The number of carboxylic acids is 1. The monoisotopic (exact) mass is 472 g/mol. The highest BCUT2D eigenvalue weighted by atomic mass is 16.4. The Hall–Kier alpha value is -3.78. The lowest BCUT2D eigenvalue weighted by Crippen LogP contribution is -2.47. The fourth-order valence-electron chi connectivity index (χ4n) is 4.11. The van der Waals surface area contributed by atoms with Gasteiger partial charge in [0.25, 0.3) is 5.56 Å². The summed E-state index contributed by atoms with van der Waals surface area (Å²) in [5.41, 5.74) is 3.26. The van der Waals surface area contributed by atoms with Gasteiger partial charge in [0.2, 0.25) is 0 Å². The van der Waals surface area contributed by atoms with E-state index in [1.807, 2.05) is 6.07 Å². The van der Waals surface area contributed by atoms with Gasteiger partial charge in [0.15, 0.2) is 0 Å². The van der Waals surface area contributed by atoms with Crippen molar-refractivity contribution in [3.63, 3.8) is 0 Å². The minimum atomic E-state index is -0.749. The van der Waals surface area contributed by atoms with E-state index in [1.54, 1.807) is 19.9 Å². The summed E-state index contributed by atoms with van der Waals surface area (Å²) >= 11 is 0. The molecule has 0 saturated carbocycles. The van der Waals surface area contributed by atoms with Gasteiger partial charge in [0, 0.05) is 63.0 Å². The third kappa shape index (κ3) is 7.10. The largest absolute Gasteiger partial charge is 0.481 e. The highest BCUT2D eigenvalue weighted by molar-refractivity contribution is 5.69. The number of aromatic amines is 1. The maximum absolute atomic E-state index is 12.4. The van der Waals surface area contributed by atoms with Crippen molar-refractivity contribution < 1.29 is 9.90 Å². The van der Waals surface area contributed by atoms with Crippen LogP contribution in [0.3, 0.4) is 0 Å². The number of carbonyl (C=O) groups is 1. The van der Waals surface area contributed by atoms with Gasteiger partial charge in [0.1, 0.15) is 0 Å². The molecule has 7 heteroatoms. The van der Waals surface area contributed by atoms with Gasteiger partial charge in [-0.1, -0.05) is 31.4 Å². The van der Waals surface area contributed by atoms with Crippen LogP contribution in [0.4, 0.5) is 5.69 Å². The molecule has 2 aromatic rings. The van der Waals surface area contributed by atoms with Crippen molar-refractivity contribution in [2.24, 2.45) is 5.92 Å². The Balaban J connectivity index is 1.65. The number of nitrogens with zero attached hydrogens (tertiary/aromatic N) is 2. The smallest absolute Gasteiger partial charge is 0.307 e. The van der Waals surface area contributed by atoms with E-state index >= 15 is 0 Å². The zero-order valence-corrected chi connectivity index (χ0v) is 20.4. The molecule has 1 aliphatic heterocycles. The number of aliphatic carboxylic acids is 1. The quantitative estimate of drug-likeness (QED) is 0.498. The van der Waals surface area contributed by atoms with E-state index in [-0.39, 0.29) is 11.5 Å². The second-order valence-electron chi connectivity index (χ2n) is 8.80. The number of hydrogen-bond acceptors (Lipinski definition) is 5. The SMILES string of the molecule is C#C/C=c1/[nH]c(=O)c(CNc2ccc(CN3CCN(CC(C)C(=O)O)CC3)cc2C#CC)cc1=C. The molecule has 1 atom stereocenters. The van der Waals surface area contributed by atoms with E-state index in [0.717, 1.165) is 49.5 Å². The first-order chi connectivity index (χ1) is 16.8. The van der Waals surface area contributed by atoms with Crippen molar-refractivity contribution in [3.05, 3.63) is 61.9 Å². The van der Waals surface area contributed by atoms with Crippen LogP contribution in [-0.2, 0) is 17.9 Å². The summed E-state index contributed by atoms with van der Waals surface area (Å²) in [5.74, 6) is 7.43. The lowest BCUT2D eigenvalue weighted by atomic mass is 10.1. The highest BCUT2D eigenvalue weighted by Crippen LogP contribution is 2.19. The topological polar surface area (TPSA) is 88.7 Å². The minimum absolute atomic E-state index is 0.206. The first-order valence-corrected chi connectivity index (χ1v) is 11.6. The van der Waals surface area contributed by atoms with Crippen molar-refractivity contribution in [1.29, 1.82) is 0 Å². The van der Waals surface area contributed by atoms with E-state index in [2.05, 4.69) is 56.6 Å². The predicted octanol–water partition coefficient (Wildman–Crippen LogP) is 1.02. The number of pyridine rings is 1. The Kier molecular flexibility index (Phi) is 8.92. The normalized spacial score (nSPS) is 15.6. The molecular weight excluding hydrogens is 440 g/mol. The fourth-order valence-corrected chi connectivity index (χ4v) is 4.11. The molecule has 0 bridgehead atoms. The molecule has 0 amide bonds. The van der Waals surface area contributed by atoms with Gasteiger partial charge in [-0.05, 0) is 35.9 Å². The molecule has 35 heavy (non-hydrogen) atoms. The highest BCUT2D eigenvalue weighted by Gasteiger charge is 2.21. The maximum Gasteiger partial charge on any atom is 0.307 e. The van der Waals surface area contributed by atoms with Crippen LogP contribution < -0.4 is 21.4 Å². The van der Waals surface area contributed by atoms with E-state index < -0.39 is 5.97 Å². The van der Waals surface area contributed by atoms with E-state index in [0.29, 0.717) is 29.2 Å². The number of anilines is 1. The molecule has 0 radical (unpaired) electrons. The summed E-state index contributed by atoms with van der Waals surface area (Å²) in [4.78, 5) is 30.9. The Bertz CT molecular complexity index is 1340. The van der Waals surface area contributed by atoms with Crippen molar-refractivity contribution in [1.82, 2.24) is 14.8 Å². The van der Waals surface area contributed by atoms with Gasteiger partial charge >= 0.3 is 5.97 Å². The third-order valence-electron chi connectivity index (χ3n) is 6.10. The van der Waals surface area contributed by atoms with Gasteiger partial charge in [-0.15, -0.1) is 12.3 Å². The van der Waals surface area contributed by atoms with Crippen LogP contribution >= 0.6 is 0 Å². The third-order valence-corrected chi connectivity index (χ3v) is 6.10. The average Bonchev–Trinajstić information content (AvgIpc) is 2.83. The molecular formula is C28H32N4O3. The second kappa shape index (κ2) is 12.1. The zero-order valence-electron chi connectivity index (χ0n) is 20.4. The number of H-pyrrole nitrogens is 1. The van der Waals surface area contributed by atoms with Crippen molar-refractivity contribution in [2.45, 2.75) is 26.9 Å². The van der Waals surface area contributed by atoms with Crippen molar-refractivity contribution >= 4 is 24.3 Å². The first-order valence-electron chi connectivity index (χ1n) is 11.6. The molecule has 1 aliphatic rings. The lowest BCUT2D eigenvalue weighted by Gasteiger charge is -2.35. The van der Waals surface area contributed by atoms with Crippen LogP contribution in [0.2, 0.25) is 0 Å². The Labute approximate surface area is 206 Å².